The molecular formula is C50H95N3O12. The number of unbranched alkanes of at least 4 members (excludes halogenated alkanes) is 1. The highest BCUT2D eigenvalue weighted by atomic mass is 16.5. The summed E-state index contributed by atoms with van der Waals surface area (Å²) in [6.07, 6.45) is 4.13. The number of nitrogens with zero attached hydrogens (tertiary/aromatic N) is 1. The Labute approximate surface area is 391 Å². The van der Waals surface area contributed by atoms with E-state index in [1.54, 1.807) is 13.0 Å². The number of guanidine groups is 1. The van der Waals surface area contributed by atoms with Gasteiger partial charge in [0.1, 0.15) is 6.10 Å². The molecule has 0 aliphatic carbocycles. The maximum atomic E-state index is 14.2. The Morgan fingerprint density at radius 1 is 0.738 bits per heavy atom. The van der Waals surface area contributed by atoms with E-state index in [0.29, 0.717) is 108 Å². The van der Waals surface area contributed by atoms with Crippen molar-refractivity contribution < 1.29 is 60.6 Å². The number of cyclic esters (lactones) is 1. The van der Waals surface area contributed by atoms with E-state index in [2.05, 4.69) is 4.99 Å². The summed E-state index contributed by atoms with van der Waals surface area (Å²) in [7, 11) is 0. The van der Waals surface area contributed by atoms with Gasteiger partial charge in [-0.15, -0.1) is 0 Å². The fourth-order valence-electron chi connectivity index (χ4n) is 9.06. The molecule has 0 radical (unpaired) electrons. The number of allylic oxidation sites excluding steroid dienone is 1. The Hall–Kier alpha value is -2.18. The summed E-state index contributed by atoms with van der Waals surface area (Å²) in [5.41, 5.74) is 12.7. The van der Waals surface area contributed by atoms with E-state index >= 15 is 0 Å². The van der Waals surface area contributed by atoms with Gasteiger partial charge in [0.15, 0.2) is 5.96 Å². The van der Waals surface area contributed by atoms with Crippen LogP contribution in [0.3, 0.4) is 0 Å². The summed E-state index contributed by atoms with van der Waals surface area (Å²) in [5.74, 6) is -2.43. The lowest BCUT2D eigenvalue weighted by Crippen LogP contribution is -2.42. The molecule has 0 fully saturated rings. The zero-order valence-corrected chi connectivity index (χ0v) is 41.0. The van der Waals surface area contributed by atoms with Crippen LogP contribution in [0.25, 0.3) is 0 Å². The van der Waals surface area contributed by atoms with Crippen molar-refractivity contribution in [2.24, 2.45) is 40.1 Å². The molecule has 1 aliphatic heterocycles. The summed E-state index contributed by atoms with van der Waals surface area (Å²) in [5, 5.41) is 108. The Morgan fingerprint density at radius 3 is 1.89 bits per heavy atom. The van der Waals surface area contributed by atoms with Crippen LogP contribution in [0, 0.1) is 23.7 Å². The quantitative estimate of drug-likeness (QED) is 0.0486. The minimum absolute atomic E-state index is 0.0122. The van der Waals surface area contributed by atoms with E-state index in [-0.39, 0.29) is 49.9 Å². The molecule has 382 valence electrons. The summed E-state index contributed by atoms with van der Waals surface area (Å²) in [6.45, 7) is 11.8. The van der Waals surface area contributed by atoms with Crippen LogP contribution >= 0.6 is 0 Å². The van der Waals surface area contributed by atoms with E-state index in [4.69, 9.17) is 16.2 Å². The number of aliphatic hydroxyl groups excluding tert-OH is 10. The van der Waals surface area contributed by atoms with E-state index < -0.39 is 84.9 Å². The zero-order valence-electron chi connectivity index (χ0n) is 41.0. The van der Waals surface area contributed by atoms with Crippen molar-refractivity contribution in [3.05, 3.63) is 23.3 Å². The molecule has 15 unspecified atom stereocenters. The first-order chi connectivity index (χ1) is 30.6. The van der Waals surface area contributed by atoms with Gasteiger partial charge in [0.05, 0.1) is 67.0 Å². The van der Waals surface area contributed by atoms with Crippen LogP contribution in [0.15, 0.2) is 28.3 Å². The lowest BCUT2D eigenvalue weighted by Gasteiger charge is -2.34. The topological polar surface area (TPSA) is 293 Å². The summed E-state index contributed by atoms with van der Waals surface area (Å²) in [4.78, 5) is 18.2. The van der Waals surface area contributed by atoms with Crippen LogP contribution < -0.4 is 11.5 Å². The first-order valence-electron chi connectivity index (χ1n) is 25.0. The predicted octanol–water partition coefficient (Wildman–Crippen LogP) is 4.81. The number of rotatable bonds is 9. The van der Waals surface area contributed by atoms with Crippen LogP contribution in [-0.2, 0) is 9.53 Å². The first kappa shape index (κ1) is 60.8. The van der Waals surface area contributed by atoms with Gasteiger partial charge >= 0.3 is 5.97 Å². The van der Waals surface area contributed by atoms with Gasteiger partial charge in [-0.2, -0.15) is 0 Å². The number of aliphatic hydroxyl groups is 10. The van der Waals surface area contributed by atoms with Gasteiger partial charge in [-0.1, -0.05) is 64.7 Å². The van der Waals surface area contributed by atoms with Gasteiger partial charge in [-0.25, -0.2) is 0 Å². The molecule has 14 N–H and O–H groups in total. The molecule has 15 heteroatoms. The third kappa shape index (κ3) is 27.4. The Kier molecular flexibility index (Phi) is 32.0. The third-order valence-electron chi connectivity index (χ3n) is 13.4. The van der Waals surface area contributed by atoms with Crippen LogP contribution in [0.1, 0.15) is 183 Å². The maximum Gasteiger partial charge on any atom is 0.311 e. The second-order valence-corrected chi connectivity index (χ2v) is 19.8. The summed E-state index contributed by atoms with van der Waals surface area (Å²) >= 11 is 0. The normalized spacial score (nSPS) is 34.3. The number of hydrogen-bond donors (Lipinski definition) is 12. The lowest BCUT2D eigenvalue weighted by atomic mass is 9.84. The highest BCUT2D eigenvalue weighted by Gasteiger charge is 2.37. The fourth-order valence-corrected chi connectivity index (χ4v) is 9.06. The first-order valence-corrected chi connectivity index (χ1v) is 25.0. The molecule has 15 atom stereocenters. The maximum absolute atomic E-state index is 14.2. The Balaban J connectivity index is 3.25. The Morgan fingerprint density at radius 2 is 1.29 bits per heavy atom. The molecule has 1 heterocycles. The molecule has 0 saturated carbocycles. The largest absolute Gasteiger partial charge is 0.461 e. The van der Waals surface area contributed by atoms with Crippen LogP contribution in [0.4, 0.5) is 0 Å². The van der Waals surface area contributed by atoms with Crippen LogP contribution in [0.2, 0.25) is 0 Å². The number of carbonyl (C=O) groups is 1. The number of nitrogens with two attached hydrogens (primary N) is 2. The molecule has 0 saturated heterocycles. The second kappa shape index (κ2) is 34.2. The van der Waals surface area contributed by atoms with Crippen molar-refractivity contribution in [3.8, 4) is 0 Å². The summed E-state index contributed by atoms with van der Waals surface area (Å²) in [6, 6.07) is 0. The smallest absolute Gasteiger partial charge is 0.311 e. The molecule has 0 spiro atoms. The molecule has 65 heavy (non-hydrogen) atoms. The molecule has 0 aromatic carbocycles. The Bertz CT molecular complexity index is 1350. The fraction of sp³-hybridized carbons (Fsp3) is 0.880. The number of ether oxygens (including phenoxy) is 1. The van der Waals surface area contributed by atoms with Crippen molar-refractivity contribution in [1.82, 2.24) is 0 Å². The van der Waals surface area contributed by atoms with Crippen LogP contribution in [0.5, 0.6) is 0 Å². The van der Waals surface area contributed by atoms with Gasteiger partial charge in [0, 0.05) is 18.4 Å². The van der Waals surface area contributed by atoms with E-state index in [1.807, 2.05) is 40.7 Å². The second-order valence-electron chi connectivity index (χ2n) is 19.8. The van der Waals surface area contributed by atoms with E-state index in [0.717, 1.165) is 18.4 Å². The molecule has 1 rings (SSSR count). The molecule has 1 aliphatic rings. The standard InChI is InChI=1S/C50H95N3O12/c1-7-8-19-44-47(63)34(4)23-24-38(55)17-11-16-37(54)18-12-20-45(61)33(3)22-25-40(57)29-42(59)31-43(60)30-41(58)28-39(56)15-10-9-14-32(2)27-35(5)48(65-49(44)64)36(6)46(62)21-13-26-53-50(51)52/h22,27,34-48,54-63H,7-21,23-26,28-31H2,1-6H3,(H4,51,52,53). The SMILES string of the molecule is CCCCC1C(=O)OC(C(C)C(O)CCCN=C(N)N)C(C)C=C(C)CCCCC(O)CC(O)CC(O)CC(O)CC(O)CC=C(C)C(O)CCCC(O)CCCC(O)CCC(C)C1O. The molecule has 0 bridgehead atoms. The molecular weight excluding hydrogens is 835 g/mol. The monoisotopic (exact) mass is 930 g/mol. The van der Waals surface area contributed by atoms with Crippen molar-refractivity contribution in [2.45, 2.75) is 250 Å². The zero-order chi connectivity index (χ0) is 49.1. The predicted molar refractivity (Wildman–Crippen MR) is 256 cm³/mol. The molecule has 15 nitrogen and oxygen atoms in total. The van der Waals surface area contributed by atoms with Crippen LogP contribution in [-0.4, -0.2) is 137 Å². The van der Waals surface area contributed by atoms with Crippen molar-refractivity contribution >= 4 is 11.9 Å². The lowest BCUT2D eigenvalue weighted by molar-refractivity contribution is -0.167. The third-order valence-corrected chi connectivity index (χ3v) is 13.4. The summed E-state index contributed by atoms with van der Waals surface area (Å²) < 4.78 is 6.33. The minimum Gasteiger partial charge on any atom is -0.461 e. The highest BCUT2D eigenvalue weighted by molar-refractivity contribution is 5.75. The van der Waals surface area contributed by atoms with E-state index in [9.17, 15) is 55.9 Å². The van der Waals surface area contributed by atoms with Gasteiger partial charge in [0.25, 0.3) is 0 Å². The minimum atomic E-state index is -1.03. The van der Waals surface area contributed by atoms with Gasteiger partial charge in [0.2, 0.25) is 0 Å². The number of aliphatic imine (C=N–C) groups is 1. The average Bonchev–Trinajstić information content (AvgIpc) is 3.22. The van der Waals surface area contributed by atoms with Crippen molar-refractivity contribution in [1.29, 1.82) is 0 Å². The highest BCUT2D eigenvalue weighted by Crippen LogP contribution is 2.31. The molecule has 0 amide bonds. The average molecular weight is 930 g/mol. The van der Waals surface area contributed by atoms with Gasteiger partial charge in [-0.05, 0) is 147 Å². The van der Waals surface area contributed by atoms with Crippen molar-refractivity contribution in [3.63, 3.8) is 0 Å². The number of carbonyl (C=O) groups excluding carboxylic acids is 1. The van der Waals surface area contributed by atoms with Gasteiger partial charge < -0.3 is 67.3 Å². The number of esters is 1. The van der Waals surface area contributed by atoms with Crippen molar-refractivity contribution in [2.75, 3.05) is 6.54 Å². The number of hydrogen-bond acceptors (Lipinski definition) is 13. The molecule has 0 aromatic heterocycles. The van der Waals surface area contributed by atoms with E-state index in [1.165, 1.54) is 0 Å². The van der Waals surface area contributed by atoms with Gasteiger partial charge in [-0.3, -0.25) is 9.79 Å². The molecule has 0 aromatic rings.